The molecule has 6 heteroatoms. The van der Waals surface area contributed by atoms with Gasteiger partial charge in [0, 0.05) is 7.05 Å². The van der Waals surface area contributed by atoms with E-state index in [2.05, 4.69) is 0 Å². The van der Waals surface area contributed by atoms with Gasteiger partial charge in [0.05, 0.1) is 0 Å². The van der Waals surface area contributed by atoms with Crippen molar-refractivity contribution in [3.8, 4) is 0 Å². The first-order valence-corrected chi connectivity index (χ1v) is 3.24. The zero-order chi connectivity index (χ0) is 7.02. The van der Waals surface area contributed by atoms with E-state index < -0.39 is 5.37 Å². The van der Waals surface area contributed by atoms with Gasteiger partial charge in [-0.3, -0.25) is 14.5 Å². The van der Waals surface area contributed by atoms with Crippen LogP contribution in [-0.4, -0.2) is 28.5 Å². The Bertz CT molecular complexity index is 175. The number of hydrogen-bond donors (Lipinski definition) is 1. The van der Waals surface area contributed by atoms with E-state index in [9.17, 15) is 9.59 Å². The predicted molar refractivity (Wildman–Crippen MR) is 41.0 cm³/mol. The fraction of sp³-hybridized carbons (Fsp3) is 0.500. The van der Waals surface area contributed by atoms with Gasteiger partial charge in [-0.1, -0.05) is 0 Å². The monoisotopic (exact) mass is 182 g/mol. The molecule has 1 aliphatic heterocycles. The lowest BCUT2D eigenvalue weighted by Crippen LogP contribution is -2.31. The van der Waals surface area contributed by atoms with Gasteiger partial charge in [-0.2, -0.15) is 0 Å². The molecule has 1 heterocycles. The summed E-state index contributed by atoms with van der Waals surface area (Å²) in [5.74, 6) is -0.315. The van der Waals surface area contributed by atoms with Gasteiger partial charge >= 0.3 is 0 Å². The number of rotatable bonds is 0. The molecule has 4 nitrogen and oxygen atoms in total. The first-order chi connectivity index (χ1) is 4.13. The number of carbonyl (C=O) groups excluding carboxylic acids is 2. The fourth-order valence-corrected chi connectivity index (χ4v) is 1.24. The molecule has 2 N–H and O–H groups in total. The van der Waals surface area contributed by atoms with Gasteiger partial charge in [0.2, 0.25) is 0 Å². The average molecular weight is 183 g/mol. The lowest BCUT2D eigenvalue weighted by atomic mass is 10.6. The lowest BCUT2D eigenvalue weighted by molar-refractivity contribution is -0.125. The second kappa shape index (κ2) is 3.23. The van der Waals surface area contributed by atoms with Crippen molar-refractivity contribution < 1.29 is 9.59 Å². The second-order valence-electron chi connectivity index (χ2n) is 1.70. The SMILES string of the molecule is CN1C(=O)SC(N)C1=O.Cl. The van der Waals surface area contributed by atoms with Crippen molar-refractivity contribution in [3.63, 3.8) is 0 Å². The summed E-state index contributed by atoms with van der Waals surface area (Å²) >= 11 is 0.852. The molecule has 10 heavy (non-hydrogen) atoms. The minimum atomic E-state index is -0.678. The van der Waals surface area contributed by atoms with E-state index in [4.69, 9.17) is 5.73 Å². The Kier molecular flexibility index (Phi) is 3.14. The molecule has 0 aliphatic carbocycles. The zero-order valence-electron chi connectivity index (χ0n) is 5.23. The summed E-state index contributed by atoms with van der Waals surface area (Å²) in [6.07, 6.45) is 0. The second-order valence-corrected chi connectivity index (χ2v) is 2.79. The molecule has 0 spiro atoms. The van der Waals surface area contributed by atoms with E-state index in [1.165, 1.54) is 7.05 Å². The van der Waals surface area contributed by atoms with Crippen LogP contribution in [-0.2, 0) is 4.79 Å². The highest BCUT2D eigenvalue weighted by molar-refractivity contribution is 8.15. The van der Waals surface area contributed by atoms with E-state index in [-0.39, 0.29) is 23.6 Å². The highest BCUT2D eigenvalue weighted by Gasteiger charge is 2.33. The molecule has 58 valence electrons. The van der Waals surface area contributed by atoms with Crippen LogP contribution >= 0.6 is 24.2 Å². The zero-order valence-corrected chi connectivity index (χ0v) is 6.87. The number of amides is 2. The standard InChI is InChI=1S/C4H6N2O2S.ClH/c1-6-3(7)2(5)9-4(6)8;/h2H,5H2,1H3;1H. The molecule has 0 aromatic heterocycles. The molecule has 1 fully saturated rings. The van der Waals surface area contributed by atoms with Crippen LogP contribution in [0, 0.1) is 0 Å². The summed E-state index contributed by atoms with van der Waals surface area (Å²) in [4.78, 5) is 22.3. The number of nitrogens with zero attached hydrogens (tertiary/aromatic N) is 1. The number of thioether (sulfide) groups is 1. The Labute approximate surface area is 68.5 Å². The molecular weight excluding hydrogens is 176 g/mol. The summed E-state index contributed by atoms with van der Waals surface area (Å²) in [7, 11) is 1.42. The molecule has 1 aliphatic rings. The molecule has 1 atom stereocenters. The van der Waals surface area contributed by atoms with Gasteiger partial charge in [0.15, 0.2) is 0 Å². The molecule has 0 aromatic carbocycles. The van der Waals surface area contributed by atoms with Crippen molar-refractivity contribution in [1.82, 2.24) is 4.90 Å². The Hall–Kier alpha value is -0.260. The molecule has 1 rings (SSSR count). The van der Waals surface area contributed by atoms with Crippen LogP contribution in [0.4, 0.5) is 4.79 Å². The van der Waals surface area contributed by atoms with Crippen LogP contribution < -0.4 is 5.73 Å². The maximum Gasteiger partial charge on any atom is 0.290 e. The Morgan fingerprint density at radius 1 is 1.60 bits per heavy atom. The molecule has 0 saturated carbocycles. The summed E-state index contributed by atoms with van der Waals surface area (Å²) in [6.45, 7) is 0. The Morgan fingerprint density at radius 2 is 2.10 bits per heavy atom. The number of hydrogen-bond acceptors (Lipinski definition) is 4. The van der Waals surface area contributed by atoms with Gasteiger partial charge in [-0.05, 0) is 11.8 Å². The Balaban J connectivity index is 0.000000810. The minimum Gasteiger partial charge on any atom is -0.311 e. The molecular formula is C4H7ClN2O2S. The molecule has 0 radical (unpaired) electrons. The van der Waals surface area contributed by atoms with Crippen molar-refractivity contribution in [2.45, 2.75) is 5.37 Å². The van der Waals surface area contributed by atoms with E-state index in [1.807, 2.05) is 0 Å². The molecule has 0 aromatic rings. The number of halogens is 1. The van der Waals surface area contributed by atoms with Crippen LogP contribution in [0.5, 0.6) is 0 Å². The molecule has 2 amide bonds. The van der Waals surface area contributed by atoms with E-state index in [0.717, 1.165) is 16.7 Å². The van der Waals surface area contributed by atoms with Gasteiger partial charge in [0.25, 0.3) is 11.1 Å². The van der Waals surface area contributed by atoms with Crippen molar-refractivity contribution in [3.05, 3.63) is 0 Å². The van der Waals surface area contributed by atoms with E-state index in [1.54, 1.807) is 0 Å². The summed E-state index contributed by atoms with van der Waals surface area (Å²) in [5, 5.41) is -0.949. The summed E-state index contributed by atoms with van der Waals surface area (Å²) in [5.41, 5.74) is 5.21. The minimum absolute atomic E-state index is 0. The van der Waals surface area contributed by atoms with Gasteiger partial charge in [0.1, 0.15) is 5.37 Å². The van der Waals surface area contributed by atoms with Crippen LogP contribution in [0.2, 0.25) is 0 Å². The third kappa shape index (κ3) is 1.42. The number of carbonyl (C=O) groups is 2. The number of nitrogens with two attached hydrogens (primary N) is 1. The quantitative estimate of drug-likeness (QED) is 0.574. The smallest absolute Gasteiger partial charge is 0.290 e. The summed E-state index contributed by atoms with van der Waals surface area (Å²) < 4.78 is 0. The Morgan fingerprint density at radius 3 is 2.20 bits per heavy atom. The number of likely N-dealkylation sites (N-methyl/N-ethyl adjacent to an activating group) is 1. The van der Waals surface area contributed by atoms with Gasteiger partial charge in [-0.25, -0.2) is 0 Å². The predicted octanol–water partition coefficient (Wildman–Crippen LogP) is 0.0182. The van der Waals surface area contributed by atoms with Crippen molar-refractivity contribution in [1.29, 1.82) is 0 Å². The molecule has 1 unspecified atom stereocenters. The first kappa shape index (κ1) is 9.74. The third-order valence-corrected chi connectivity index (χ3v) is 2.01. The maximum atomic E-state index is 10.7. The maximum absolute atomic E-state index is 10.7. The van der Waals surface area contributed by atoms with Gasteiger partial charge < -0.3 is 5.73 Å². The largest absolute Gasteiger partial charge is 0.311 e. The average Bonchev–Trinajstić information content (AvgIpc) is 1.98. The van der Waals surface area contributed by atoms with E-state index in [0.29, 0.717) is 0 Å². The third-order valence-electron chi connectivity index (χ3n) is 1.08. The van der Waals surface area contributed by atoms with E-state index >= 15 is 0 Å². The highest BCUT2D eigenvalue weighted by Crippen LogP contribution is 2.20. The molecule has 0 bridgehead atoms. The van der Waals surface area contributed by atoms with Crippen molar-refractivity contribution in [2.75, 3.05) is 7.05 Å². The van der Waals surface area contributed by atoms with Crippen LogP contribution in [0.1, 0.15) is 0 Å². The first-order valence-electron chi connectivity index (χ1n) is 2.36. The topological polar surface area (TPSA) is 63.4 Å². The highest BCUT2D eigenvalue weighted by atomic mass is 35.5. The fourth-order valence-electron chi connectivity index (χ4n) is 0.519. The van der Waals surface area contributed by atoms with Crippen LogP contribution in [0.25, 0.3) is 0 Å². The van der Waals surface area contributed by atoms with Crippen LogP contribution in [0.3, 0.4) is 0 Å². The number of imide groups is 1. The normalized spacial score (nSPS) is 25.0. The molecule has 1 saturated heterocycles. The van der Waals surface area contributed by atoms with Gasteiger partial charge in [-0.15, -0.1) is 12.4 Å². The lowest BCUT2D eigenvalue weighted by Gasteiger charge is -2.01. The summed E-state index contributed by atoms with van der Waals surface area (Å²) in [6, 6.07) is 0. The van der Waals surface area contributed by atoms with Crippen molar-refractivity contribution in [2.24, 2.45) is 5.73 Å². The van der Waals surface area contributed by atoms with Crippen LogP contribution in [0.15, 0.2) is 0 Å². The van der Waals surface area contributed by atoms with Crippen molar-refractivity contribution >= 4 is 35.3 Å².